The number of ether oxygens (including phenoxy) is 3. The first-order chi connectivity index (χ1) is 12.6. The van der Waals surface area contributed by atoms with E-state index in [1.165, 1.54) is 14.2 Å². The first-order valence-corrected chi connectivity index (χ1v) is 8.40. The van der Waals surface area contributed by atoms with E-state index in [9.17, 15) is 9.59 Å². The number of rotatable bonds is 6. The second-order valence-electron chi connectivity index (χ2n) is 5.94. The molecule has 0 aliphatic heterocycles. The molecule has 0 spiro atoms. The van der Waals surface area contributed by atoms with Gasteiger partial charge in [0.15, 0.2) is 17.3 Å². The maximum Gasteiger partial charge on any atom is 0.235 e. The maximum atomic E-state index is 12.7. The number of Topliss-reactive ketones (excluding diaryl/α,β-unsaturated/α-hetero) is 1. The van der Waals surface area contributed by atoms with Gasteiger partial charge in [0.25, 0.3) is 0 Å². The number of hydrogen-bond acceptors (Lipinski definition) is 5. The molecule has 0 saturated carbocycles. The molecule has 0 bridgehead atoms. The third-order valence-electron chi connectivity index (χ3n) is 4.34. The summed E-state index contributed by atoms with van der Waals surface area (Å²) in [6, 6.07) is 10.5. The summed E-state index contributed by atoms with van der Waals surface area (Å²) in [6.45, 7) is 2.43. The first kappa shape index (κ1) is 17.8. The molecule has 1 aliphatic rings. The molecule has 3 rings (SSSR count). The van der Waals surface area contributed by atoms with Crippen LogP contribution >= 0.6 is 0 Å². The number of benzene rings is 2. The zero-order valence-electron chi connectivity index (χ0n) is 15.0. The fraction of sp³-hybridized carbons (Fsp3) is 0.300. The summed E-state index contributed by atoms with van der Waals surface area (Å²) in [4.78, 5) is 25.3. The van der Waals surface area contributed by atoms with E-state index >= 15 is 0 Å². The Morgan fingerprint density at radius 1 is 1.15 bits per heavy atom. The molecule has 6 heteroatoms. The Labute approximate surface area is 152 Å². The highest BCUT2D eigenvalue weighted by Crippen LogP contribution is 2.37. The van der Waals surface area contributed by atoms with Crippen molar-refractivity contribution in [3.63, 3.8) is 0 Å². The lowest BCUT2D eigenvalue weighted by Crippen LogP contribution is -2.27. The zero-order valence-corrected chi connectivity index (χ0v) is 15.0. The molecule has 2 aromatic rings. The van der Waals surface area contributed by atoms with E-state index in [1.54, 1.807) is 30.3 Å². The lowest BCUT2D eigenvalue weighted by Gasteiger charge is -2.11. The van der Waals surface area contributed by atoms with Gasteiger partial charge in [0.05, 0.1) is 20.8 Å². The number of amides is 1. The van der Waals surface area contributed by atoms with Crippen molar-refractivity contribution in [2.75, 3.05) is 26.1 Å². The number of nitrogens with one attached hydrogen (secondary N) is 1. The lowest BCUT2D eigenvalue weighted by molar-refractivity contribution is -0.118. The van der Waals surface area contributed by atoms with Gasteiger partial charge in [-0.05, 0) is 43.2 Å². The Morgan fingerprint density at radius 2 is 1.88 bits per heavy atom. The molecule has 0 radical (unpaired) electrons. The van der Waals surface area contributed by atoms with E-state index in [0.29, 0.717) is 41.5 Å². The molecular formula is C20H21NO5. The molecule has 0 heterocycles. The van der Waals surface area contributed by atoms with E-state index in [2.05, 4.69) is 5.32 Å². The largest absolute Gasteiger partial charge is 0.494 e. The van der Waals surface area contributed by atoms with Crippen molar-refractivity contribution >= 4 is 17.4 Å². The SMILES string of the molecule is CCOc1cccc(NC(=O)C2Cc3cc(OC)c(OC)cc3C2=O)c1. The standard InChI is InChI=1S/C20H21NO5/c1-4-26-14-7-5-6-13(10-14)21-20(23)16-8-12-9-17(24-2)18(25-3)11-15(12)19(16)22/h5-7,9-11,16H,4,8H2,1-3H3,(H,21,23). The minimum Gasteiger partial charge on any atom is -0.494 e. The summed E-state index contributed by atoms with van der Waals surface area (Å²) in [5.74, 6) is 0.380. The van der Waals surface area contributed by atoms with Gasteiger partial charge in [-0.2, -0.15) is 0 Å². The van der Waals surface area contributed by atoms with Crippen molar-refractivity contribution in [3.8, 4) is 17.2 Å². The smallest absolute Gasteiger partial charge is 0.235 e. The molecule has 0 aromatic heterocycles. The molecule has 6 nitrogen and oxygen atoms in total. The number of carbonyl (C=O) groups is 2. The van der Waals surface area contributed by atoms with Gasteiger partial charge in [-0.25, -0.2) is 0 Å². The van der Waals surface area contributed by atoms with Crippen molar-refractivity contribution < 1.29 is 23.8 Å². The van der Waals surface area contributed by atoms with Crippen LogP contribution in [0.3, 0.4) is 0 Å². The molecule has 1 amide bonds. The monoisotopic (exact) mass is 355 g/mol. The molecule has 1 N–H and O–H groups in total. The van der Waals surface area contributed by atoms with Crippen LogP contribution in [0.25, 0.3) is 0 Å². The van der Waals surface area contributed by atoms with Crippen molar-refractivity contribution in [2.45, 2.75) is 13.3 Å². The summed E-state index contributed by atoms with van der Waals surface area (Å²) in [5, 5.41) is 2.80. The van der Waals surface area contributed by atoms with Gasteiger partial charge in [0.2, 0.25) is 5.91 Å². The average Bonchev–Trinajstić information content (AvgIpc) is 2.97. The Kier molecular flexibility index (Phi) is 5.11. The molecule has 1 unspecified atom stereocenters. The second-order valence-corrected chi connectivity index (χ2v) is 5.94. The fourth-order valence-corrected chi connectivity index (χ4v) is 3.09. The molecule has 0 fully saturated rings. The van der Waals surface area contributed by atoms with Crippen molar-refractivity contribution in [3.05, 3.63) is 47.5 Å². The normalized spacial score (nSPS) is 15.3. The number of hydrogen-bond donors (Lipinski definition) is 1. The van der Waals surface area contributed by atoms with Crippen LogP contribution in [0.2, 0.25) is 0 Å². The van der Waals surface area contributed by atoms with Crippen LogP contribution in [0.15, 0.2) is 36.4 Å². The Bertz CT molecular complexity index is 846. The highest BCUT2D eigenvalue weighted by Gasteiger charge is 2.37. The minimum absolute atomic E-state index is 0.209. The first-order valence-electron chi connectivity index (χ1n) is 8.40. The predicted molar refractivity (Wildman–Crippen MR) is 97.3 cm³/mol. The van der Waals surface area contributed by atoms with Gasteiger partial charge in [0, 0.05) is 17.3 Å². The average molecular weight is 355 g/mol. The maximum absolute atomic E-state index is 12.7. The van der Waals surface area contributed by atoms with Crippen LogP contribution < -0.4 is 19.5 Å². The van der Waals surface area contributed by atoms with Gasteiger partial charge in [-0.15, -0.1) is 0 Å². The lowest BCUT2D eigenvalue weighted by atomic mass is 10.0. The topological polar surface area (TPSA) is 73.9 Å². The molecule has 1 atom stereocenters. The third kappa shape index (κ3) is 3.35. The molecular weight excluding hydrogens is 334 g/mol. The van der Waals surface area contributed by atoms with Crippen LogP contribution in [0.4, 0.5) is 5.69 Å². The minimum atomic E-state index is -0.766. The van der Waals surface area contributed by atoms with Gasteiger partial charge in [-0.1, -0.05) is 6.07 Å². The Morgan fingerprint density at radius 3 is 2.58 bits per heavy atom. The van der Waals surface area contributed by atoms with Crippen LogP contribution in [-0.4, -0.2) is 32.5 Å². The van der Waals surface area contributed by atoms with Gasteiger partial charge >= 0.3 is 0 Å². The summed E-state index contributed by atoms with van der Waals surface area (Å²) in [7, 11) is 3.05. The number of fused-ring (bicyclic) bond motifs is 1. The second kappa shape index (κ2) is 7.47. The predicted octanol–water partition coefficient (Wildman–Crippen LogP) is 3.10. The van der Waals surface area contributed by atoms with E-state index in [4.69, 9.17) is 14.2 Å². The molecule has 2 aromatic carbocycles. The van der Waals surface area contributed by atoms with Crippen LogP contribution in [0.5, 0.6) is 17.2 Å². The molecule has 0 saturated heterocycles. The highest BCUT2D eigenvalue weighted by molar-refractivity contribution is 6.16. The number of ketones is 1. The van der Waals surface area contributed by atoms with E-state index in [0.717, 1.165) is 5.56 Å². The van der Waals surface area contributed by atoms with Crippen LogP contribution in [-0.2, 0) is 11.2 Å². The summed E-state index contributed by atoms with van der Waals surface area (Å²) in [5.41, 5.74) is 1.89. The molecule has 1 aliphatic carbocycles. The Hall–Kier alpha value is -3.02. The van der Waals surface area contributed by atoms with E-state index < -0.39 is 5.92 Å². The van der Waals surface area contributed by atoms with Crippen molar-refractivity contribution in [2.24, 2.45) is 5.92 Å². The van der Waals surface area contributed by atoms with Gasteiger partial charge in [0.1, 0.15) is 11.7 Å². The van der Waals surface area contributed by atoms with Gasteiger partial charge in [-0.3, -0.25) is 9.59 Å². The molecule has 26 heavy (non-hydrogen) atoms. The number of methoxy groups -OCH3 is 2. The van der Waals surface area contributed by atoms with Gasteiger partial charge < -0.3 is 19.5 Å². The summed E-state index contributed by atoms with van der Waals surface area (Å²) < 4.78 is 15.9. The summed E-state index contributed by atoms with van der Waals surface area (Å²) in [6.07, 6.45) is 0.339. The number of carbonyl (C=O) groups excluding carboxylic acids is 2. The van der Waals surface area contributed by atoms with Crippen molar-refractivity contribution in [1.82, 2.24) is 0 Å². The van der Waals surface area contributed by atoms with E-state index in [-0.39, 0.29) is 11.7 Å². The van der Waals surface area contributed by atoms with Crippen molar-refractivity contribution in [1.29, 1.82) is 0 Å². The molecule has 136 valence electrons. The third-order valence-corrected chi connectivity index (χ3v) is 4.34. The quantitative estimate of drug-likeness (QED) is 0.806. The summed E-state index contributed by atoms with van der Waals surface area (Å²) >= 11 is 0. The van der Waals surface area contributed by atoms with Crippen LogP contribution in [0, 0.1) is 5.92 Å². The van der Waals surface area contributed by atoms with Crippen LogP contribution in [0.1, 0.15) is 22.8 Å². The van der Waals surface area contributed by atoms with E-state index in [1.807, 2.05) is 13.0 Å². The fourth-order valence-electron chi connectivity index (χ4n) is 3.09. The Balaban J connectivity index is 1.79. The zero-order chi connectivity index (χ0) is 18.7. The highest BCUT2D eigenvalue weighted by atomic mass is 16.5. The number of anilines is 1.